The largest absolute Gasteiger partial charge is 0.481 e. The Hall–Kier alpha value is -0.610. The minimum atomic E-state index is -0.967. The second-order valence-electron chi connectivity index (χ2n) is 4.35. The fraction of sp³-hybridized carbons (Fsp3) is 0.417. The van der Waals surface area contributed by atoms with Gasteiger partial charge in [0.2, 0.25) is 0 Å². The summed E-state index contributed by atoms with van der Waals surface area (Å²) in [5.41, 5.74) is -0.501. The van der Waals surface area contributed by atoms with Crippen molar-refractivity contribution in [2.75, 3.05) is 0 Å². The number of carbonyl (C=O) groups is 1. The highest BCUT2D eigenvalue weighted by molar-refractivity contribution is 9.10. The van der Waals surface area contributed by atoms with E-state index in [1.807, 2.05) is 0 Å². The van der Waals surface area contributed by atoms with E-state index in [2.05, 4.69) is 15.9 Å². The summed E-state index contributed by atoms with van der Waals surface area (Å²) >= 11 is 8.91. The number of hydrogen-bond acceptors (Lipinski definition) is 1. The molecule has 0 radical (unpaired) electrons. The molecule has 1 N–H and O–H groups in total. The van der Waals surface area contributed by atoms with Gasteiger partial charge in [-0.2, -0.15) is 0 Å². The maximum Gasteiger partial charge on any atom is 0.314 e. The quantitative estimate of drug-likeness (QED) is 0.831. The average Bonchev–Trinajstić information content (AvgIpc) is 2.75. The Balaban J connectivity index is 2.55. The Labute approximate surface area is 112 Å². The molecule has 92 valence electrons. The molecule has 0 atom stereocenters. The third-order valence-electron chi connectivity index (χ3n) is 3.40. The van der Waals surface area contributed by atoms with Crippen LogP contribution in [0.15, 0.2) is 16.6 Å². The summed E-state index contributed by atoms with van der Waals surface area (Å²) in [5.74, 6) is -1.41. The van der Waals surface area contributed by atoms with Crippen LogP contribution in [0.2, 0.25) is 5.02 Å². The molecule has 0 amide bonds. The molecule has 2 rings (SSSR count). The third-order valence-corrected chi connectivity index (χ3v) is 4.74. The van der Waals surface area contributed by atoms with Crippen LogP contribution in [-0.2, 0) is 10.2 Å². The van der Waals surface area contributed by atoms with Crippen molar-refractivity contribution in [2.24, 2.45) is 0 Å². The van der Waals surface area contributed by atoms with E-state index < -0.39 is 17.2 Å². The molecule has 1 saturated carbocycles. The first-order valence-corrected chi connectivity index (χ1v) is 6.53. The number of carboxylic acids is 1. The van der Waals surface area contributed by atoms with Gasteiger partial charge in [0, 0.05) is 0 Å². The predicted octanol–water partition coefficient (Wildman–Crippen LogP) is 4.14. The zero-order valence-corrected chi connectivity index (χ0v) is 11.3. The molecule has 5 heteroatoms. The summed E-state index contributed by atoms with van der Waals surface area (Å²) in [4.78, 5) is 11.5. The molecule has 2 nitrogen and oxygen atoms in total. The maximum atomic E-state index is 13.6. The van der Waals surface area contributed by atoms with Crippen LogP contribution in [0.5, 0.6) is 0 Å². The van der Waals surface area contributed by atoms with Gasteiger partial charge in [-0.1, -0.05) is 24.4 Å². The van der Waals surface area contributed by atoms with Gasteiger partial charge in [-0.05, 0) is 46.5 Å². The number of rotatable bonds is 2. The van der Waals surface area contributed by atoms with Crippen molar-refractivity contribution >= 4 is 33.5 Å². The zero-order chi connectivity index (χ0) is 12.6. The Morgan fingerprint density at radius 2 is 2.00 bits per heavy atom. The van der Waals surface area contributed by atoms with E-state index in [-0.39, 0.29) is 9.50 Å². The highest BCUT2D eigenvalue weighted by atomic mass is 79.9. The van der Waals surface area contributed by atoms with E-state index in [4.69, 9.17) is 11.6 Å². The van der Waals surface area contributed by atoms with Crippen molar-refractivity contribution in [3.63, 3.8) is 0 Å². The first-order chi connectivity index (χ1) is 7.97. The summed E-state index contributed by atoms with van der Waals surface area (Å²) in [6.07, 6.45) is 2.78. The number of halogens is 3. The van der Waals surface area contributed by atoms with E-state index in [0.717, 1.165) is 12.8 Å². The lowest BCUT2D eigenvalue weighted by Crippen LogP contribution is -2.32. The molecule has 0 unspecified atom stereocenters. The molecule has 0 spiro atoms. The van der Waals surface area contributed by atoms with Gasteiger partial charge in [0.05, 0.1) is 14.9 Å². The Bertz CT molecular complexity index is 447. The van der Waals surface area contributed by atoms with E-state index >= 15 is 0 Å². The summed E-state index contributed by atoms with van der Waals surface area (Å²) < 4.78 is 13.8. The minimum Gasteiger partial charge on any atom is -0.481 e. The van der Waals surface area contributed by atoms with Crippen LogP contribution in [0.1, 0.15) is 31.2 Å². The standard InChI is InChI=1S/C12H11BrClFO2/c13-10-8(14)5-7(6-9(10)15)12(11(16)17)3-1-2-4-12/h5-6H,1-4H2,(H,16,17). The highest BCUT2D eigenvalue weighted by Gasteiger charge is 2.43. The third kappa shape index (κ3) is 2.08. The topological polar surface area (TPSA) is 37.3 Å². The van der Waals surface area contributed by atoms with Crippen LogP contribution in [-0.4, -0.2) is 11.1 Å². The highest BCUT2D eigenvalue weighted by Crippen LogP contribution is 2.43. The molecule has 0 bridgehead atoms. The minimum absolute atomic E-state index is 0.182. The first kappa shape index (κ1) is 12.8. The van der Waals surface area contributed by atoms with Crippen molar-refractivity contribution in [3.05, 3.63) is 33.0 Å². The van der Waals surface area contributed by atoms with Crippen LogP contribution in [0.25, 0.3) is 0 Å². The number of carboxylic acid groups (broad SMARTS) is 1. The van der Waals surface area contributed by atoms with Crippen LogP contribution < -0.4 is 0 Å². The van der Waals surface area contributed by atoms with E-state index in [9.17, 15) is 14.3 Å². The van der Waals surface area contributed by atoms with Gasteiger partial charge < -0.3 is 5.11 Å². The number of hydrogen-bond donors (Lipinski definition) is 1. The lowest BCUT2D eigenvalue weighted by Gasteiger charge is -2.24. The van der Waals surface area contributed by atoms with Gasteiger partial charge in [-0.15, -0.1) is 0 Å². The van der Waals surface area contributed by atoms with E-state index in [1.54, 1.807) is 6.07 Å². The number of aliphatic carboxylic acids is 1. The Morgan fingerprint density at radius 3 is 2.47 bits per heavy atom. The van der Waals surface area contributed by atoms with Crippen molar-refractivity contribution in [3.8, 4) is 0 Å². The van der Waals surface area contributed by atoms with Gasteiger partial charge in [0.25, 0.3) is 0 Å². The van der Waals surface area contributed by atoms with Gasteiger partial charge in [-0.25, -0.2) is 4.39 Å². The van der Waals surface area contributed by atoms with Gasteiger partial charge in [0.1, 0.15) is 5.82 Å². The molecular weight excluding hydrogens is 310 g/mol. The lowest BCUT2D eigenvalue weighted by molar-refractivity contribution is -0.143. The molecule has 0 heterocycles. The summed E-state index contributed by atoms with van der Waals surface area (Å²) in [5, 5.41) is 9.61. The van der Waals surface area contributed by atoms with Crippen molar-refractivity contribution in [2.45, 2.75) is 31.1 Å². The van der Waals surface area contributed by atoms with Gasteiger partial charge >= 0.3 is 5.97 Å². The fourth-order valence-corrected chi connectivity index (χ4v) is 2.87. The molecule has 0 aromatic heterocycles. The molecule has 1 aliphatic rings. The normalized spacial score (nSPS) is 18.3. The zero-order valence-electron chi connectivity index (χ0n) is 8.97. The van der Waals surface area contributed by atoms with Gasteiger partial charge in [0.15, 0.2) is 0 Å². The Kier molecular flexibility index (Phi) is 3.46. The van der Waals surface area contributed by atoms with E-state index in [1.165, 1.54) is 6.07 Å². The molecule has 0 saturated heterocycles. The van der Waals surface area contributed by atoms with E-state index in [0.29, 0.717) is 18.4 Å². The Morgan fingerprint density at radius 1 is 1.41 bits per heavy atom. The molecular formula is C12H11BrClFO2. The summed E-state index contributed by atoms with van der Waals surface area (Å²) in [6.45, 7) is 0. The maximum absolute atomic E-state index is 13.6. The smallest absolute Gasteiger partial charge is 0.314 e. The number of benzene rings is 1. The first-order valence-electron chi connectivity index (χ1n) is 5.36. The molecule has 17 heavy (non-hydrogen) atoms. The van der Waals surface area contributed by atoms with Crippen molar-refractivity contribution in [1.82, 2.24) is 0 Å². The van der Waals surface area contributed by atoms with Crippen LogP contribution in [0, 0.1) is 5.82 Å². The second kappa shape index (κ2) is 4.58. The average molecular weight is 322 g/mol. The summed E-state index contributed by atoms with van der Waals surface area (Å²) in [7, 11) is 0. The molecule has 1 aliphatic carbocycles. The summed E-state index contributed by atoms with van der Waals surface area (Å²) in [6, 6.07) is 2.82. The second-order valence-corrected chi connectivity index (χ2v) is 5.55. The fourth-order valence-electron chi connectivity index (χ4n) is 2.44. The van der Waals surface area contributed by atoms with Crippen LogP contribution in [0.4, 0.5) is 4.39 Å². The van der Waals surface area contributed by atoms with Crippen LogP contribution in [0.3, 0.4) is 0 Å². The predicted molar refractivity (Wildman–Crippen MR) is 66.9 cm³/mol. The van der Waals surface area contributed by atoms with Crippen LogP contribution >= 0.6 is 27.5 Å². The monoisotopic (exact) mass is 320 g/mol. The van der Waals surface area contributed by atoms with Crippen molar-refractivity contribution < 1.29 is 14.3 Å². The molecule has 1 fully saturated rings. The van der Waals surface area contributed by atoms with Gasteiger partial charge in [-0.3, -0.25) is 4.79 Å². The molecule has 1 aromatic rings. The van der Waals surface area contributed by atoms with Crippen molar-refractivity contribution in [1.29, 1.82) is 0 Å². The molecule has 1 aromatic carbocycles. The lowest BCUT2D eigenvalue weighted by atomic mass is 9.79. The SMILES string of the molecule is O=C(O)C1(c2cc(F)c(Br)c(Cl)c2)CCCC1. The molecule has 0 aliphatic heterocycles.